The van der Waals surface area contributed by atoms with E-state index in [9.17, 15) is 10.1 Å². The molecule has 1 aromatic carbocycles. The first-order valence-electron chi connectivity index (χ1n) is 6.32. The molecule has 2 heterocycles. The Bertz CT molecular complexity index is 657. The molecule has 0 amide bonds. The minimum absolute atomic E-state index is 0.0515. The molecule has 0 aliphatic carbocycles. The number of benzene rings is 1. The molecule has 0 bridgehead atoms. The predicted octanol–water partition coefficient (Wildman–Crippen LogP) is 2.63. The molecule has 104 valence electrons. The zero-order valence-electron chi connectivity index (χ0n) is 10.8. The third kappa shape index (κ3) is 2.22. The largest absolute Gasteiger partial charge is 0.308 e. The molecule has 3 rings (SSSR count). The van der Waals surface area contributed by atoms with E-state index in [1.165, 1.54) is 12.1 Å². The maximum Gasteiger partial charge on any atom is 0.270 e. The fourth-order valence-electron chi connectivity index (χ4n) is 2.09. The van der Waals surface area contributed by atoms with Crippen LogP contribution < -0.4 is 5.43 Å². The van der Waals surface area contributed by atoms with Crippen LogP contribution in [0.15, 0.2) is 29.4 Å². The number of nitro groups is 1. The average molecular weight is 291 g/mol. The summed E-state index contributed by atoms with van der Waals surface area (Å²) in [4.78, 5) is 10.4. The molecule has 7 nitrogen and oxygen atoms in total. The first-order chi connectivity index (χ1) is 9.69. The van der Waals surface area contributed by atoms with E-state index >= 15 is 0 Å². The minimum Gasteiger partial charge on any atom is -0.308 e. The molecule has 1 atom stereocenters. The third-order valence-corrected chi connectivity index (χ3v) is 4.12. The Morgan fingerprint density at radius 1 is 1.50 bits per heavy atom. The van der Waals surface area contributed by atoms with Crippen LogP contribution in [-0.2, 0) is 0 Å². The average Bonchev–Trinajstić information content (AvgIpc) is 2.99. The Hall–Kier alpha value is -2.09. The van der Waals surface area contributed by atoms with Gasteiger partial charge in [-0.25, -0.2) is 4.68 Å². The lowest BCUT2D eigenvalue weighted by Gasteiger charge is -2.10. The number of aromatic nitrogens is 3. The summed E-state index contributed by atoms with van der Waals surface area (Å²) in [6, 6.07) is 6.42. The fraction of sp³-hybridized carbons (Fsp3) is 0.333. The van der Waals surface area contributed by atoms with Crippen molar-refractivity contribution in [3.63, 3.8) is 0 Å². The summed E-state index contributed by atoms with van der Waals surface area (Å²) in [7, 11) is 0. The monoisotopic (exact) mass is 291 g/mol. The van der Waals surface area contributed by atoms with E-state index in [4.69, 9.17) is 0 Å². The van der Waals surface area contributed by atoms with Gasteiger partial charge in [0.1, 0.15) is 0 Å². The minimum atomic E-state index is -0.410. The van der Waals surface area contributed by atoms with Gasteiger partial charge in [-0.3, -0.25) is 10.1 Å². The van der Waals surface area contributed by atoms with Gasteiger partial charge in [0.2, 0.25) is 5.16 Å². The van der Waals surface area contributed by atoms with Crippen LogP contribution in [0.1, 0.15) is 19.8 Å². The summed E-state index contributed by atoms with van der Waals surface area (Å²) in [5, 5.41) is 20.1. The second-order valence-corrected chi connectivity index (χ2v) is 5.64. The molecular formula is C12H13N5O2S. The Kier molecular flexibility index (Phi) is 3.31. The highest BCUT2D eigenvalue weighted by molar-refractivity contribution is 8.00. The van der Waals surface area contributed by atoms with Crippen molar-refractivity contribution in [3.8, 4) is 11.4 Å². The maximum absolute atomic E-state index is 10.8. The summed E-state index contributed by atoms with van der Waals surface area (Å²) in [5.74, 6) is 0.606. The highest BCUT2D eigenvalue weighted by Gasteiger charge is 2.26. The molecule has 0 unspecified atom stereocenters. The molecule has 8 heteroatoms. The summed E-state index contributed by atoms with van der Waals surface area (Å²) in [5.41, 5.74) is 4.05. The first-order valence-corrected chi connectivity index (χ1v) is 7.20. The van der Waals surface area contributed by atoms with Crippen molar-refractivity contribution >= 4 is 17.4 Å². The van der Waals surface area contributed by atoms with Crippen molar-refractivity contribution in [1.82, 2.24) is 14.9 Å². The number of non-ortho nitro benzene ring substituents is 1. The molecule has 1 aromatic heterocycles. The van der Waals surface area contributed by atoms with E-state index in [0.717, 1.165) is 18.0 Å². The predicted molar refractivity (Wildman–Crippen MR) is 76.0 cm³/mol. The number of hydrogen-bond donors (Lipinski definition) is 1. The van der Waals surface area contributed by atoms with Gasteiger partial charge in [0, 0.05) is 17.7 Å². The normalized spacial score (nSPS) is 16.8. The lowest BCUT2D eigenvalue weighted by Crippen LogP contribution is -2.19. The second-order valence-electron chi connectivity index (χ2n) is 4.47. The van der Waals surface area contributed by atoms with Crippen molar-refractivity contribution in [3.05, 3.63) is 34.4 Å². The molecule has 1 N–H and O–H groups in total. The Morgan fingerprint density at radius 3 is 3.10 bits per heavy atom. The lowest BCUT2D eigenvalue weighted by molar-refractivity contribution is -0.384. The SMILES string of the molecule is CCC[C@H]1Nn2c(nnc2-c2cccc([N+](=O)[O-])c2)S1. The summed E-state index contributed by atoms with van der Waals surface area (Å²) < 4.78 is 1.81. The zero-order valence-corrected chi connectivity index (χ0v) is 11.6. The van der Waals surface area contributed by atoms with Gasteiger partial charge in [0.25, 0.3) is 5.69 Å². The number of nitro benzene ring substituents is 1. The van der Waals surface area contributed by atoms with E-state index in [1.807, 2.05) is 4.68 Å². The number of thioether (sulfide) groups is 1. The van der Waals surface area contributed by atoms with Crippen LogP contribution in [-0.4, -0.2) is 25.2 Å². The molecule has 0 saturated carbocycles. The molecule has 0 fully saturated rings. The van der Waals surface area contributed by atoms with Gasteiger partial charge in [0.15, 0.2) is 5.82 Å². The van der Waals surface area contributed by atoms with Crippen LogP contribution in [0.25, 0.3) is 11.4 Å². The van der Waals surface area contributed by atoms with Crippen LogP contribution in [0.5, 0.6) is 0 Å². The van der Waals surface area contributed by atoms with Gasteiger partial charge < -0.3 is 5.43 Å². The van der Waals surface area contributed by atoms with E-state index < -0.39 is 4.92 Å². The Balaban J connectivity index is 1.94. The van der Waals surface area contributed by atoms with Crippen LogP contribution in [0, 0.1) is 10.1 Å². The van der Waals surface area contributed by atoms with Gasteiger partial charge >= 0.3 is 0 Å². The topological polar surface area (TPSA) is 85.9 Å². The van der Waals surface area contributed by atoms with Crippen LogP contribution in [0.3, 0.4) is 0 Å². The van der Waals surface area contributed by atoms with Gasteiger partial charge in [-0.05, 0) is 6.42 Å². The number of nitrogens with zero attached hydrogens (tertiary/aromatic N) is 4. The Labute approximate surface area is 119 Å². The van der Waals surface area contributed by atoms with E-state index in [1.54, 1.807) is 23.9 Å². The molecular weight excluding hydrogens is 278 g/mol. The summed E-state index contributed by atoms with van der Waals surface area (Å²) in [6.45, 7) is 2.13. The van der Waals surface area contributed by atoms with E-state index in [0.29, 0.717) is 11.4 Å². The van der Waals surface area contributed by atoms with Crippen LogP contribution in [0.2, 0.25) is 0 Å². The van der Waals surface area contributed by atoms with Gasteiger partial charge in [0.05, 0.1) is 10.3 Å². The molecule has 0 saturated heterocycles. The number of nitrogens with one attached hydrogen (secondary N) is 1. The van der Waals surface area contributed by atoms with Gasteiger partial charge in [-0.2, -0.15) is 0 Å². The van der Waals surface area contributed by atoms with Crippen molar-refractivity contribution in [1.29, 1.82) is 0 Å². The lowest BCUT2D eigenvalue weighted by atomic mass is 10.2. The van der Waals surface area contributed by atoms with Crippen molar-refractivity contribution in [2.24, 2.45) is 0 Å². The molecule has 0 spiro atoms. The molecule has 0 radical (unpaired) electrons. The van der Waals surface area contributed by atoms with Gasteiger partial charge in [-0.1, -0.05) is 37.2 Å². The quantitative estimate of drug-likeness (QED) is 0.688. The smallest absolute Gasteiger partial charge is 0.270 e. The molecule has 20 heavy (non-hydrogen) atoms. The fourth-order valence-corrected chi connectivity index (χ4v) is 3.19. The third-order valence-electron chi connectivity index (χ3n) is 3.02. The summed E-state index contributed by atoms with van der Waals surface area (Å²) >= 11 is 1.63. The first kappa shape index (κ1) is 12.9. The highest BCUT2D eigenvalue weighted by Crippen LogP contribution is 2.33. The van der Waals surface area contributed by atoms with E-state index in [2.05, 4.69) is 22.5 Å². The number of rotatable bonds is 4. The van der Waals surface area contributed by atoms with Crippen molar-refractivity contribution < 1.29 is 4.92 Å². The van der Waals surface area contributed by atoms with Crippen molar-refractivity contribution in [2.75, 3.05) is 5.43 Å². The summed E-state index contributed by atoms with van der Waals surface area (Å²) in [6.07, 6.45) is 2.11. The number of hydrogen-bond acceptors (Lipinski definition) is 6. The number of fused-ring (bicyclic) bond motifs is 1. The molecule has 1 aliphatic rings. The van der Waals surface area contributed by atoms with Crippen LogP contribution in [0.4, 0.5) is 5.69 Å². The maximum atomic E-state index is 10.8. The highest BCUT2D eigenvalue weighted by atomic mass is 32.2. The zero-order chi connectivity index (χ0) is 14.1. The second kappa shape index (κ2) is 5.12. The van der Waals surface area contributed by atoms with Crippen LogP contribution >= 0.6 is 11.8 Å². The Morgan fingerprint density at radius 2 is 2.35 bits per heavy atom. The van der Waals surface area contributed by atoms with Crippen molar-refractivity contribution in [2.45, 2.75) is 30.3 Å². The standard InChI is InChI=1S/C12H13N5O2S/c1-2-4-10-15-16-11(13-14-12(16)20-10)8-5-3-6-9(7-8)17(18)19/h3,5-7,10,15H,2,4H2,1H3/t10-/m0/s1. The van der Waals surface area contributed by atoms with Gasteiger partial charge in [-0.15, -0.1) is 10.2 Å². The molecule has 2 aromatic rings. The molecule has 1 aliphatic heterocycles. The van der Waals surface area contributed by atoms with E-state index in [-0.39, 0.29) is 11.1 Å².